The molecular weight excluding hydrogens is 354 g/mol. The van der Waals surface area contributed by atoms with Crippen LogP contribution in [0.2, 0.25) is 0 Å². The maximum atomic E-state index is 12.7. The van der Waals surface area contributed by atoms with Crippen molar-refractivity contribution in [1.29, 1.82) is 0 Å². The van der Waals surface area contributed by atoms with E-state index in [0.717, 1.165) is 31.4 Å². The highest BCUT2D eigenvalue weighted by atomic mass is 19.3. The molecule has 1 aliphatic rings. The molecule has 0 aromatic carbocycles. The monoisotopic (exact) mass is 382 g/mol. The number of allylic oxidation sites excluding steroid dienone is 1. The van der Waals surface area contributed by atoms with Crippen LogP contribution in [0.15, 0.2) is 42.9 Å². The van der Waals surface area contributed by atoms with Crippen molar-refractivity contribution in [2.75, 3.05) is 25.7 Å². The second-order valence-electron chi connectivity index (χ2n) is 6.54. The predicted molar refractivity (Wildman–Crippen MR) is 100 cm³/mol. The topological polar surface area (TPSA) is 69.7 Å². The molecule has 1 saturated carbocycles. The van der Waals surface area contributed by atoms with E-state index in [1.54, 1.807) is 24.4 Å². The first-order chi connectivity index (χ1) is 13.0. The number of rotatable bonds is 10. The maximum absolute atomic E-state index is 12.7. The molecule has 0 spiro atoms. The lowest BCUT2D eigenvalue weighted by molar-refractivity contribution is -0.113. The molecule has 6 nitrogen and oxygen atoms in total. The third-order valence-corrected chi connectivity index (χ3v) is 4.74. The van der Waals surface area contributed by atoms with Crippen LogP contribution in [-0.2, 0) is 4.84 Å². The minimum atomic E-state index is -2.61. The van der Waals surface area contributed by atoms with Gasteiger partial charge in [-0.05, 0) is 49.9 Å². The second kappa shape index (κ2) is 10.8. The molecule has 150 valence electrons. The van der Waals surface area contributed by atoms with E-state index in [9.17, 15) is 13.9 Å². The van der Waals surface area contributed by atoms with Gasteiger partial charge in [-0.2, -0.15) is 0 Å². The number of aliphatic hydroxyl groups is 1. The summed E-state index contributed by atoms with van der Waals surface area (Å²) in [5, 5.41) is 16.9. The fraction of sp³-hybridized carbons (Fsp3) is 0.526. The lowest BCUT2D eigenvalue weighted by Gasteiger charge is -2.33. The number of pyridine rings is 1. The number of hydroxylamine groups is 2. The number of aromatic nitrogens is 1. The first-order valence-electron chi connectivity index (χ1n) is 9.08. The number of nitrogens with zero attached hydrogens (tertiary/aromatic N) is 2. The number of aliphatic hydroxyl groups excluding tert-OH is 1. The van der Waals surface area contributed by atoms with Crippen molar-refractivity contribution in [2.45, 2.75) is 32.1 Å². The van der Waals surface area contributed by atoms with Crippen LogP contribution in [0.1, 0.15) is 37.8 Å². The summed E-state index contributed by atoms with van der Waals surface area (Å²) in [7, 11) is 1.80. The lowest BCUT2D eigenvalue weighted by Crippen LogP contribution is -2.30. The van der Waals surface area contributed by atoms with Crippen LogP contribution in [0.25, 0.3) is 0 Å². The Hall–Kier alpha value is -2.19. The van der Waals surface area contributed by atoms with Gasteiger partial charge in [-0.25, -0.2) is 13.8 Å². The van der Waals surface area contributed by atoms with Gasteiger partial charge in [-0.3, -0.25) is 9.90 Å². The average Bonchev–Trinajstić information content (AvgIpc) is 2.69. The van der Waals surface area contributed by atoms with Gasteiger partial charge in [0.25, 0.3) is 6.43 Å². The molecule has 1 fully saturated rings. The molecule has 0 saturated heterocycles. The molecule has 0 radical (unpaired) electrons. The maximum Gasteiger partial charge on any atom is 0.280 e. The first kappa shape index (κ1) is 21.1. The summed E-state index contributed by atoms with van der Waals surface area (Å²) in [6, 6.07) is 4.42. The van der Waals surface area contributed by atoms with E-state index in [2.05, 4.69) is 22.2 Å². The first-order valence-corrected chi connectivity index (χ1v) is 9.08. The van der Waals surface area contributed by atoms with E-state index >= 15 is 0 Å². The molecule has 1 heterocycles. The Balaban J connectivity index is 1.91. The predicted octanol–water partition coefficient (Wildman–Crippen LogP) is 3.63. The van der Waals surface area contributed by atoms with Crippen molar-refractivity contribution in [3.8, 4) is 0 Å². The summed E-state index contributed by atoms with van der Waals surface area (Å²) in [5.74, 6) is 1.01. The molecule has 2 rings (SSSR count). The van der Waals surface area contributed by atoms with Gasteiger partial charge in [0.1, 0.15) is 18.2 Å². The van der Waals surface area contributed by atoms with Gasteiger partial charge < -0.3 is 15.7 Å². The van der Waals surface area contributed by atoms with Gasteiger partial charge in [0, 0.05) is 25.8 Å². The molecule has 27 heavy (non-hydrogen) atoms. The summed E-state index contributed by atoms with van der Waals surface area (Å²) < 4.78 is 25.4. The van der Waals surface area contributed by atoms with Crippen molar-refractivity contribution < 1.29 is 18.7 Å². The van der Waals surface area contributed by atoms with Crippen LogP contribution in [-0.4, -0.2) is 35.5 Å². The van der Waals surface area contributed by atoms with E-state index in [4.69, 9.17) is 4.84 Å². The van der Waals surface area contributed by atoms with Crippen LogP contribution >= 0.6 is 0 Å². The number of halogens is 2. The van der Waals surface area contributed by atoms with Crippen LogP contribution < -0.4 is 10.6 Å². The quantitative estimate of drug-likeness (QED) is 0.424. The van der Waals surface area contributed by atoms with Crippen molar-refractivity contribution in [3.63, 3.8) is 0 Å². The van der Waals surface area contributed by atoms with E-state index < -0.39 is 6.43 Å². The van der Waals surface area contributed by atoms with Crippen molar-refractivity contribution >= 4 is 5.82 Å². The third-order valence-electron chi connectivity index (χ3n) is 4.74. The Kier molecular flexibility index (Phi) is 8.47. The molecule has 1 aromatic rings. The molecule has 0 amide bonds. The molecule has 0 aliphatic heterocycles. The molecule has 0 unspecified atom stereocenters. The minimum absolute atomic E-state index is 0.0909. The van der Waals surface area contributed by atoms with Crippen molar-refractivity contribution in [1.82, 2.24) is 15.4 Å². The summed E-state index contributed by atoms with van der Waals surface area (Å²) in [6.07, 6.45) is 4.72. The Morgan fingerprint density at radius 1 is 1.41 bits per heavy atom. The van der Waals surface area contributed by atoms with E-state index in [1.165, 1.54) is 12.1 Å². The van der Waals surface area contributed by atoms with E-state index in [0.29, 0.717) is 17.7 Å². The van der Waals surface area contributed by atoms with Crippen molar-refractivity contribution in [2.24, 2.45) is 11.8 Å². The zero-order valence-corrected chi connectivity index (χ0v) is 15.6. The van der Waals surface area contributed by atoms with Gasteiger partial charge in [-0.15, -0.1) is 0 Å². The fourth-order valence-electron chi connectivity index (χ4n) is 3.20. The number of anilines is 1. The van der Waals surface area contributed by atoms with Crippen molar-refractivity contribution in [3.05, 3.63) is 48.6 Å². The standard InChI is InChI=1S/C19H28F2N4O2/c1-3-22-11-17(15-9-7-14(12-26)8-10-15)25(2)27-13-23-18-6-4-5-16(24-18)19(20)21/h3-6,11,14-15,19,22,26H,1,7-10,12-13H2,2H3,(H,23,24)/b17-11-/t14-,15-. The van der Waals surface area contributed by atoms with Crippen LogP contribution in [0.4, 0.5) is 14.6 Å². The number of hydrogen-bond donors (Lipinski definition) is 3. The van der Waals surface area contributed by atoms with Crippen LogP contribution in [0.3, 0.4) is 0 Å². The number of alkyl halides is 2. The Morgan fingerprint density at radius 3 is 2.78 bits per heavy atom. The molecule has 0 atom stereocenters. The minimum Gasteiger partial charge on any atom is -0.396 e. The van der Waals surface area contributed by atoms with Gasteiger partial charge in [-0.1, -0.05) is 12.6 Å². The summed E-state index contributed by atoms with van der Waals surface area (Å²) in [4.78, 5) is 9.56. The largest absolute Gasteiger partial charge is 0.396 e. The highest BCUT2D eigenvalue weighted by Crippen LogP contribution is 2.34. The summed E-state index contributed by atoms with van der Waals surface area (Å²) in [6.45, 7) is 3.98. The Labute approximate surface area is 158 Å². The molecule has 1 aliphatic carbocycles. The summed E-state index contributed by atoms with van der Waals surface area (Å²) in [5.41, 5.74) is 0.701. The zero-order valence-electron chi connectivity index (χ0n) is 15.6. The Bertz CT molecular complexity index is 619. The lowest BCUT2D eigenvalue weighted by atomic mass is 9.81. The average molecular weight is 382 g/mol. The van der Waals surface area contributed by atoms with Crippen LogP contribution in [0, 0.1) is 11.8 Å². The highest BCUT2D eigenvalue weighted by Gasteiger charge is 2.25. The molecule has 3 N–H and O–H groups in total. The number of nitrogens with one attached hydrogen (secondary N) is 2. The van der Waals surface area contributed by atoms with Crippen LogP contribution in [0.5, 0.6) is 0 Å². The Morgan fingerprint density at radius 2 is 2.15 bits per heavy atom. The molecular formula is C19H28F2N4O2. The SMILES string of the molecule is C=CN/C=C(/[C@H]1CC[C@H](CO)CC1)N(C)OCNc1cccc(C(F)F)n1. The molecule has 0 bridgehead atoms. The smallest absolute Gasteiger partial charge is 0.280 e. The van der Waals surface area contributed by atoms with Gasteiger partial charge in [0.2, 0.25) is 0 Å². The van der Waals surface area contributed by atoms with E-state index in [-0.39, 0.29) is 19.0 Å². The van der Waals surface area contributed by atoms with Gasteiger partial charge >= 0.3 is 0 Å². The second-order valence-corrected chi connectivity index (χ2v) is 6.54. The molecule has 1 aromatic heterocycles. The normalized spacial score (nSPS) is 20.4. The fourth-order valence-corrected chi connectivity index (χ4v) is 3.20. The number of hydrogen-bond acceptors (Lipinski definition) is 6. The third kappa shape index (κ3) is 6.48. The van der Waals surface area contributed by atoms with E-state index in [1.807, 2.05) is 6.20 Å². The summed E-state index contributed by atoms with van der Waals surface area (Å²) >= 11 is 0. The van der Waals surface area contributed by atoms with Gasteiger partial charge in [0.15, 0.2) is 0 Å². The zero-order chi connectivity index (χ0) is 19.6. The van der Waals surface area contributed by atoms with Gasteiger partial charge in [0.05, 0.1) is 5.70 Å². The highest BCUT2D eigenvalue weighted by molar-refractivity contribution is 5.34. The molecule has 8 heteroatoms.